The Hall–Kier alpha value is -3.38. The fraction of sp³-hybridized carbons (Fsp3) is 0.143. The van der Waals surface area contributed by atoms with E-state index in [2.05, 4.69) is 9.97 Å². The van der Waals surface area contributed by atoms with Crippen molar-refractivity contribution in [1.82, 2.24) is 14.5 Å². The number of aromatic nitrogens is 3. The highest BCUT2D eigenvalue weighted by Crippen LogP contribution is 2.37. The molecule has 35 heavy (non-hydrogen) atoms. The first-order valence-corrected chi connectivity index (χ1v) is 12.1. The molecule has 3 N–H and O–H groups in total. The summed E-state index contributed by atoms with van der Waals surface area (Å²) in [4.78, 5) is 20.1. The van der Waals surface area contributed by atoms with Crippen molar-refractivity contribution in [3.8, 4) is 11.1 Å². The number of nitrogens with one attached hydrogen (secondary N) is 1. The van der Waals surface area contributed by atoms with Crippen LogP contribution in [0, 0.1) is 0 Å². The average molecular weight is 505 g/mol. The quantitative estimate of drug-likeness (QED) is 0.292. The smallest absolute Gasteiger partial charge is 0.251 e. The van der Waals surface area contributed by atoms with Crippen LogP contribution in [-0.2, 0) is 12.6 Å². The fourth-order valence-corrected chi connectivity index (χ4v) is 4.58. The van der Waals surface area contributed by atoms with Crippen LogP contribution in [0.15, 0.2) is 90.1 Å². The molecule has 0 bridgehead atoms. The number of aryl methyl sites for hydroxylation is 1. The van der Waals surface area contributed by atoms with Crippen LogP contribution in [0.1, 0.15) is 30.7 Å². The average Bonchev–Trinajstić information content (AvgIpc) is 3.43. The number of nitrogens with two attached hydrogens (primary N) is 1. The van der Waals surface area contributed by atoms with Crippen molar-refractivity contribution < 1.29 is 0 Å². The van der Waals surface area contributed by atoms with Crippen LogP contribution in [0.3, 0.4) is 0 Å². The molecule has 0 saturated heterocycles. The molecular formula is C28H26Cl2N4O. The number of fused-ring (bicyclic) bond motifs is 1. The van der Waals surface area contributed by atoms with Gasteiger partial charge in [-0.1, -0.05) is 67.4 Å². The lowest BCUT2D eigenvalue weighted by Gasteiger charge is -2.30. The molecule has 0 unspecified atom stereocenters. The molecule has 5 aromatic rings. The molecule has 2 aromatic heterocycles. The second-order valence-corrected chi connectivity index (χ2v) is 8.85. The number of nitrogens with zero attached hydrogens (tertiary/aromatic N) is 2. The van der Waals surface area contributed by atoms with Crippen LogP contribution in [0.25, 0.3) is 22.0 Å². The summed E-state index contributed by atoms with van der Waals surface area (Å²) < 4.78 is 1.63. The summed E-state index contributed by atoms with van der Waals surface area (Å²) in [6, 6.07) is 22.5. The van der Waals surface area contributed by atoms with Crippen molar-refractivity contribution in [2.75, 3.05) is 0 Å². The fourth-order valence-electron chi connectivity index (χ4n) is 4.26. The predicted octanol–water partition coefficient (Wildman–Crippen LogP) is 6.51. The molecule has 5 rings (SSSR count). The van der Waals surface area contributed by atoms with Crippen molar-refractivity contribution in [2.24, 2.45) is 12.8 Å². The zero-order valence-electron chi connectivity index (χ0n) is 19.7. The lowest BCUT2D eigenvalue weighted by Crippen LogP contribution is -2.39. The maximum atomic E-state index is 12.7. The first-order chi connectivity index (χ1) is 16.9. The third kappa shape index (κ3) is 4.50. The van der Waals surface area contributed by atoms with Gasteiger partial charge in [0, 0.05) is 28.5 Å². The number of hydrogen-bond donors (Lipinski definition) is 2. The molecule has 5 nitrogen and oxygen atoms in total. The Labute approximate surface area is 214 Å². The van der Waals surface area contributed by atoms with Gasteiger partial charge >= 0.3 is 0 Å². The number of aromatic amines is 1. The van der Waals surface area contributed by atoms with E-state index in [0.717, 1.165) is 38.9 Å². The number of halogens is 2. The molecule has 0 amide bonds. The highest BCUT2D eigenvalue weighted by Gasteiger charge is 2.34. The molecule has 0 aliphatic heterocycles. The van der Waals surface area contributed by atoms with Crippen LogP contribution in [0.4, 0.5) is 0 Å². The van der Waals surface area contributed by atoms with Crippen LogP contribution >= 0.6 is 23.2 Å². The summed E-state index contributed by atoms with van der Waals surface area (Å²) in [5.74, 6) is 0. The minimum Gasteiger partial charge on any atom is -0.346 e. The van der Waals surface area contributed by atoms with E-state index in [-0.39, 0.29) is 5.56 Å². The van der Waals surface area contributed by atoms with Crippen molar-refractivity contribution in [3.63, 3.8) is 0 Å². The molecular weight excluding hydrogens is 479 g/mol. The van der Waals surface area contributed by atoms with Gasteiger partial charge in [-0.2, -0.15) is 0 Å². The first-order valence-electron chi connectivity index (χ1n) is 11.3. The van der Waals surface area contributed by atoms with Gasteiger partial charge in [-0.15, -0.1) is 0 Å². The van der Waals surface area contributed by atoms with E-state index in [1.165, 1.54) is 0 Å². The van der Waals surface area contributed by atoms with E-state index < -0.39 is 5.54 Å². The van der Waals surface area contributed by atoms with Gasteiger partial charge in [0.2, 0.25) is 0 Å². The summed E-state index contributed by atoms with van der Waals surface area (Å²) >= 11 is 12.4. The third-order valence-corrected chi connectivity index (χ3v) is 6.55. The van der Waals surface area contributed by atoms with E-state index in [0.29, 0.717) is 10.0 Å². The normalized spacial score (nSPS) is 12.6. The maximum Gasteiger partial charge on any atom is 0.251 e. The number of pyridine rings is 1. The van der Waals surface area contributed by atoms with Crippen molar-refractivity contribution >= 4 is 34.1 Å². The number of imidazole rings is 1. The second-order valence-electron chi connectivity index (χ2n) is 7.98. The molecule has 0 saturated carbocycles. The molecule has 0 fully saturated rings. The Morgan fingerprint density at radius 2 is 1.63 bits per heavy atom. The highest BCUT2D eigenvalue weighted by atomic mass is 35.5. The largest absolute Gasteiger partial charge is 0.346 e. The van der Waals surface area contributed by atoms with Gasteiger partial charge in [0.25, 0.3) is 5.56 Å². The monoisotopic (exact) mass is 504 g/mol. The van der Waals surface area contributed by atoms with Gasteiger partial charge in [-0.05, 0) is 58.7 Å². The topological polar surface area (TPSA) is 76.7 Å². The summed E-state index contributed by atoms with van der Waals surface area (Å²) in [5, 5.41) is 2.12. The van der Waals surface area contributed by atoms with Crippen LogP contribution in [0.2, 0.25) is 10.0 Å². The second kappa shape index (κ2) is 10.1. The van der Waals surface area contributed by atoms with Gasteiger partial charge < -0.3 is 15.3 Å². The Balaban J connectivity index is 0.00000141. The minimum absolute atomic E-state index is 0.101. The van der Waals surface area contributed by atoms with Gasteiger partial charge in [-0.25, -0.2) is 4.98 Å². The zero-order chi connectivity index (χ0) is 25.2. The molecule has 178 valence electrons. The molecule has 0 radical (unpaired) electrons. The predicted molar refractivity (Wildman–Crippen MR) is 145 cm³/mol. The number of hydrogen-bond acceptors (Lipinski definition) is 3. The third-order valence-electron chi connectivity index (χ3n) is 6.06. The SMILES string of the molecule is CC.Cn1c(=O)cc(-c2cccc(Cl)c2)c2cc([C@](N)(c3ccc(Cl)cc3)c3cnc[nH]3)ccc21. The van der Waals surface area contributed by atoms with E-state index in [9.17, 15) is 4.79 Å². The molecule has 0 aliphatic carbocycles. The van der Waals surface area contributed by atoms with Crippen LogP contribution in [0.5, 0.6) is 0 Å². The summed E-state index contributed by atoms with van der Waals surface area (Å²) in [5.41, 5.74) is 10.9. The zero-order valence-corrected chi connectivity index (χ0v) is 21.2. The first kappa shape index (κ1) is 24.7. The lowest BCUT2D eigenvalue weighted by molar-refractivity contribution is 0.633. The Morgan fingerprint density at radius 1 is 0.914 bits per heavy atom. The highest BCUT2D eigenvalue weighted by molar-refractivity contribution is 6.31. The summed E-state index contributed by atoms with van der Waals surface area (Å²) in [6.45, 7) is 4.00. The van der Waals surface area contributed by atoms with E-state index in [4.69, 9.17) is 28.9 Å². The molecule has 1 atom stereocenters. The van der Waals surface area contributed by atoms with Crippen molar-refractivity contribution in [2.45, 2.75) is 19.4 Å². The van der Waals surface area contributed by atoms with Crippen LogP contribution < -0.4 is 11.3 Å². The Morgan fingerprint density at radius 3 is 2.29 bits per heavy atom. The van der Waals surface area contributed by atoms with E-state index in [1.54, 1.807) is 30.2 Å². The summed E-state index contributed by atoms with van der Waals surface area (Å²) in [7, 11) is 1.76. The maximum absolute atomic E-state index is 12.7. The van der Waals surface area contributed by atoms with Gasteiger partial charge in [0.15, 0.2) is 0 Å². The Kier molecular flexibility index (Phi) is 7.13. The standard InChI is InChI=1S/C26H20Cl2N4O.C2H6/c1-32-23-10-7-18(12-22(23)21(13-25(32)33)16-3-2-4-20(28)11-16)26(29,24-14-30-15-31-24)17-5-8-19(27)9-6-17;1-2/h2-15H,29H2,1H3,(H,30,31);1-2H3/t26-;/m1./s1. The molecule has 0 aliphatic rings. The Bertz CT molecular complexity index is 1530. The van der Waals surface area contributed by atoms with E-state index in [1.807, 2.05) is 80.6 Å². The molecule has 0 spiro atoms. The molecule has 2 heterocycles. The van der Waals surface area contributed by atoms with Crippen LogP contribution in [-0.4, -0.2) is 14.5 Å². The van der Waals surface area contributed by atoms with Gasteiger partial charge in [0.05, 0.1) is 23.7 Å². The molecule has 3 aromatic carbocycles. The number of benzene rings is 3. The van der Waals surface area contributed by atoms with Gasteiger partial charge in [0.1, 0.15) is 5.54 Å². The van der Waals surface area contributed by atoms with Crippen molar-refractivity contribution in [3.05, 3.63) is 123 Å². The minimum atomic E-state index is -1.02. The number of H-pyrrole nitrogens is 1. The molecule has 7 heteroatoms. The lowest BCUT2D eigenvalue weighted by atomic mass is 9.80. The van der Waals surface area contributed by atoms with Crippen molar-refractivity contribution in [1.29, 1.82) is 0 Å². The van der Waals surface area contributed by atoms with E-state index >= 15 is 0 Å². The van der Waals surface area contributed by atoms with Gasteiger partial charge in [-0.3, -0.25) is 4.79 Å². The summed E-state index contributed by atoms with van der Waals surface area (Å²) in [6.07, 6.45) is 3.33. The number of rotatable bonds is 4.